The Kier molecular flexibility index (Phi) is 6.01. The van der Waals surface area contributed by atoms with Crippen molar-refractivity contribution >= 4 is 22.5 Å². The van der Waals surface area contributed by atoms with Crippen LogP contribution in [0.15, 0.2) is 53.6 Å². The second-order valence-corrected chi connectivity index (χ2v) is 6.70. The molecule has 1 amide bonds. The number of rotatable bonds is 7. The summed E-state index contributed by atoms with van der Waals surface area (Å²) in [4.78, 5) is 28.8. The van der Waals surface area contributed by atoms with Crippen LogP contribution in [0.3, 0.4) is 0 Å². The molecule has 0 saturated carbocycles. The summed E-state index contributed by atoms with van der Waals surface area (Å²) in [6.45, 7) is 4.83. The molecule has 0 bridgehead atoms. The summed E-state index contributed by atoms with van der Waals surface area (Å²) in [5, 5.41) is 4.46. The molecular formula is C22H25N3O2. The molecular weight excluding hydrogens is 338 g/mol. The van der Waals surface area contributed by atoms with Gasteiger partial charge in [-0.25, -0.2) is 4.98 Å². The summed E-state index contributed by atoms with van der Waals surface area (Å²) >= 11 is 0. The summed E-state index contributed by atoms with van der Waals surface area (Å²) in [6, 6.07) is 11.6. The van der Waals surface area contributed by atoms with E-state index in [1.807, 2.05) is 36.5 Å². The molecule has 2 aromatic heterocycles. The van der Waals surface area contributed by atoms with Gasteiger partial charge >= 0.3 is 0 Å². The van der Waals surface area contributed by atoms with E-state index >= 15 is 0 Å². The average Bonchev–Trinajstić information content (AvgIpc) is 2.69. The lowest BCUT2D eigenvalue weighted by molar-refractivity contribution is -0.116. The molecule has 1 N–H and O–H groups in total. The predicted octanol–water partition coefficient (Wildman–Crippen LogP) is 4.60. The molecule has 0 radical (unpaired) electrons. The number of aryl methyl sites for hydroxylation is 1. The lowest BCUT2D eigenvalue weighted by Gasteiger charge is -2.08. The van der Waals surface area contributed by atoms with Crippen LogP contribution in [0.5, 0.6) is 0 Å². The highest BCUT2D eigenvalue weighted by atomic mass is 16.1. The summed E-state index contributed by atoms with van der Waals surface area (Å²) < 4.78 is 1.75. The molecule has 0 saturated heterocycles. The van der Waals surface area contributed by atoms with E-state index in [1.165, 1.54) is 0 Å². The van der Waals surface area contributed by atoms with Gasteiger partial charge in [0.15, 0.2) is 0 Å². The maximum atomic E-state index is 12.7. The van der Waals surface area contributed by atoms with Gasteiger partial charge in [0.25, 0.3) is 5.56 Å². The van der Waals surface area contributed by atoms with E-state index in [0.29, 0.717) is 24.2 Å². The summed E-state index contributed by atoms with van der Waals surface area (Å²) in [5.74, 6) is 0.533. The first-order valence-electron chi connectivity index (χ1n) is 9.52. The fourth-order valence-electron chi connectivity index (χ4n) is 3.06. The zero-order chi connectivity index (χ0) is 19.2. The zero-order valence-corrected chi connectivity index (χ0v) is 15.9. The number of nitrogens with zero attached hydrogens (tertiary/aromatic N) is 2. The van der Waals surface area contributed by atoms with Crippen molar-refractivity contribution in [3.63, 3.8) is 0 Å². The van der Waals surface area contributed by atoms with Crippen LogP contribution in [0.1, 0.15) is 39.5 Å². The fourth-order valence-corrected chi connectivity index (χ4v) is 3.06. The number of fused-ring (bicyclic) bond motifs is 1. The van der Waals surface area contributed by atoms with Crippen molar-refractivity contribution in [1.29, 1.82) is 0 Å². The Morgan fingerprint density at radius 3 is 2.59 bits per heavy atom. The van der Waals surface area contributed by atoms with Gasteiger partial charge in [0.1, 0.15) is 5.82 Å². The number of carbonyl (C=O) groups excluding carboxylic acids is 1. The number of benzene rings is 1. The van der Waals surface area contributed by atoms with Crippen molar-refractivity contribution in [1.82, 2.24) is 9.55 Å². The minimum absolute atomic E-state index is 0.0146. The van der Waals surface area contributed by atoms with Gasteiger partial charge in [-0.1, -0.05) is 32.4 Å². The number of hydrogen-bond donors (Lipinski definition) is 1. The van der Waals surface area contributed by atoms with Gasteiger partial charge in [-0.15, -0.1) is 0 Å². The maximum Gasteiger partial charge on any atom is 0.258 e. The van der Waals surface area contributed by atoms with Crippen LogP contribution in [-0.2, 0) is 11.3 Å². The summed E-state index contributed by atoms with van der Waals surface area (Å²) in [6.07, 6.45) is 6.86. The lowest BCUT2D eigenvalue weighted by atomic mass is 10.0. The molecule has 0 aliphatic heterocycles. The number of unbranched alkanes of at least 4 members (excludes halogenated alkanes) is 1. The molecule has 0 unspecified atom stereocenters. The highest BCUT2D eigenvalue weighted by molar-refractivity contribution is 5.90. The van der Waals surface area contributed by atoms with Crippen molar-refractivity contribution in [2.45, 2.75) is 46.1 Å². The molecule has 27 heavy (non-hydrogen) atoms. The van der Waals surface area contributed by atoms with Crippen molar-refractivity contribution < 1.29 is 4.79 Å². The Hall–Kier alpha value is -2.95. The number of aromatic nitrogens is 2. The second-order valence-electron chi connectivity index (χ2n) is 6.70. The first-order chi connectivity index (χ1) is 13.1. The topological polar surface area (TPSA) is 64.0 Å². The minimum Gasteiger partial charge on any atom is -0.315 e. The number of anilines is 1. The summed E-state index contributed by atoms with van der Waals surface area (Å²) in [5.41, 5.74) is 1.88. The van der Waals surface area contributed by atoms with Gasteiger partial charge in [0, 0.05) is 36.3 Å². The third kappa shape index (κ3) is 4.42. The summed E-state index contributed by atoms with van der Waals surface area (Å²) in [7, 11) is 0. The molecule has 0 spiro atoms. The zero-order valence-electron chi connectivity index (χ0n) is 15.9. The van der Waals surface area contributed by atoms with E-state index in [0.717, 1.165) is 35.8 Å². The van der Waals surface area contributed by atoms with E-state index in [4.69, 9.17) is 0 Å². The Morgan fingerprint density at radius 1 is 1.07 bits per heavy atom. The standard InChI is InChI=1S/C22H25N3O2/c1-3-5-6-21(26)24-20-10-9-18(15-23-20)17-8-7-16-11-13-25(12-4-2)22(27)19(16)14-17/h7-11,13-15H,3-6,12H2,1-2H3,(H,23,24,26). The third-order valence-electron chi connectivity index (χ3n) is 4.56. The van der Waals surface area contributed by atoms with Crippen molar-refractivity contribution in [2.75, 3.05) is 5.32 Å². The van der Waals surface area contributed by atoms with E-state index < -0.39 is 0 Å². The molecule has 2 heterocycles. The molecule has 3 rings (SSSR count). The van der Waals surface area contributed by atoms with E-state index in [-0.39, 0.29) is 11.5 Å². The van der Waals surface area contributed by atoms with Crippen LogP contribution >= 0.6 is 0 Å². The van der Waals surface area contributed by atoms with Crippen molar-refractivity contribution in [3.8, 4) is 11.1 Å². The molecule has 3 aromatic rings. The first kappa shape index (κ1) is 18.8. The van der Waals surface area contributed by atoms with Gasteiger partial charge < -0.3 is 9.88 Å². The first-order valence-corrected chi connectivity index (χ1v) is 9.52. The van der Waals surface area contributed by atoms with Crippen LogP contribution in [0.25, 0.3) is 21.9 Å². The Balaban J connectivity index is 1.85. The van der Waals surface area contributed by atoms with E-state index in [9.17, 15) is 9.59 Å². The quantitative estimate of drug-likeness (QED) is 0.667. The van der Waals surface area contributed by atoms with E-state index in [1.54, 1.807) is 16.8 Å². The Labute approximate surface area is 159 Å². The molecule has 0 fully saturated rings. The second kappa shape index (κ2) is 8.62. The molecule has 140 valence electrons. The van der Waals surface area contributed by atoms with Gasteiger partial charge in [-0.3, -0.25) is 9.59 Å². The number of pyridine rings is 2. The predicted molar refractivity (Wildman–Crippen MR) is 110 cm³/mol. The third-order valence-corrected chi connectivity index (χ3v) is 4.56. The fraction of sp³-hybridized carbons (Fsp3) is 0.318. The van der Waals surface area contributed by atoms with Crippen LogP contribution in [0.2, 0.25) is 0 Å². The van der Waals surface area contributed by atoms with Crippen LogP contribution in [0.4, 0.5) is 5.82 Å². The molecule has 0 aliphatic carbocycles. The van der Waals surface area contributed by atoms with Gasteiger partial charge in [-0.2, -0.15) is 0 Å². The number of nitrogens with one attached hydrogen (secondary N) is 1. The SMILES string of the molecule is CCCCC(=O)Nc1ccc(-c2ccc3ccn(CCC)c(=O)c3c2)cn1. The maximum absolute atomic E-state index is 12.7. The van der Waals surface area contributed by atoms with E-state index in [2.05, 4.69) is 24.1 Å². The van der Waals surface area contributed by atoms with Gasteiger partial charge in [0.2, 0.25) is 5.91 Å². The monoisotopic (exact) mass is 363 g/mol. The number of amides is 1. The highest BCUT2D eigenvalue weighted by Gasteiger charge is 2.07. The molecule has 5 nitrogen and oxygen atoms in total. The van der Waals surface area contributed by atoms with Crippen LogP contribution in [0, 0.1) is 0 Å². The smallest absolute Gasteiger partial charge is 0.258 e. The lowest BCUT2D eigenvalue weighted by Crippen LogP contribution is -2.19. The van der Waals surface area contributed by atoms with Gasteiger partial charge in [-0.05, 0) is 48.1 Å². The normalized spacial score (nSPS) is 10.9. The highest BCUT2D eigenvalue weighted by Crippen LogP contribution is 2.23. The Morgan fingerprint density at radius 2 is 1.89 bits per heavy atom. The minimum atomic E-state index is -0.0146. The molecule has 1 aromatic carbocycles. The molecule has 0 atom stereocenters. The molecule has 5 heteroatoms. The number of carbonyl (C=O) groups is 1. The van der Waals surface area contributed by atoms with Gasteiger partial charge in [0.05, 0.1) is 0 Å². The van der Waals surface area contributed by atoms with Crippen molar-refractivity contribution in [3.05, 3.63) is 59.1 Å². The largest absolute Gasteiger partial charge is 0.315 e. The van der Waals surface area contributed by atoms with Crippen LogP contribution < -0.4 is 10.9 Å². The average molecular weight is 363 g/mol. The van der Waals surface area contributed by atoms with Crippen LogP contribution in [-0.4, -0.2) is 15.5 Å². The molecule has 0 aliphatic rings. The van der Waals surface area contributed by atoms with Crippen molar-refractivity contribution in [2.24, 2.45) is 0 Å². The number of hydrogen-bond acceptors (Lipinski definition) is 3. The Bertz CT molecular complexity index is 991.